The third kappa shape index (κ3) is 5.77. The van der Waals surface area contributed by atoms with Crippen molar-refractivity contribution >= 4 is 27.8 Å². The van der Waals surface area contributed by atoms with Crippen molar-refractivity contribution in [1.82, 2.24) is 0 Å². The van der Waals surface area contributed by atoms with Crippen LogP contribution in [0.4, 0.5) is 17.1 Å². The molecule has 0 amide bonds. The monoisotopic (exact) mass is 743 g/mol. The first-order chi connectivity index (χ1) is 28.5. The molecule has 0 heterocycles. The number of nitrogens with zero attached hydrogens (tertiary/aromatic N) is 1. The Morgan fingerprint density at radius 1 is 0.414 bits per heavy atom. The number of benzene rings is 9. The van der Waals surface area contributed by atoms with E-state index in [1.807, 2.05) is 0 Å². The molecule has 0 saturated heterocycles. The van der Waals surface area contributed by atoms with Crippen molar-refractivity contribution in [3.05, 3.63) is 246 Å². The van der Waals surface area contributed by atoms with E-state index in [4.69, 9.17) is 0 Å². The van der Waals surface area contributed by atoms with Gasteiger partial charge in [-0.25, -0.2) is 0 Å². The molecule has 0 radical (unpaired) electrons. The fourth-order valence-corrected chi connectivity index (χ4v) is 9.58. The van der Waals surface area contributed by atoms with Gasteiger partial charge in [0.2, 0.25) is 0 Å². The van der Waals surface area contributed by atoms with Crippen LogP contribution in [-0.4, -0.2) is 0 Å². The molecule has 0 unspecified atom stereocenters. The second-order valence-corrected chi connectivity index (χ2v) is 15.9. The van der Waals surface area contributed by atoms with Gasteiger partial charge in [-0.05, 0) is 121 Å². The van der Waals surface area contributed by atoms with Crippen LogP contribution in [0.1, 0.15) is 53.1 Å². The molecular weight excluding hydrogens is 699 g/mol. The Bertz CT molecular complexity index is 2870. The van der Waals surface area contributed by atoms with E-state index < -0.39 is 5.41 Å². The molecular formula is C57H45N. The Kier molecular flexibility index (Phi) is 8.88. The normalized spacial score (nSPS) is 12.7. The van der Waals surface area contributed by atoms with E-state index in [9.17, 15) is 0 Å². The highest BCUT2D eigenvalue weighted by Crippen LogP contribution is 2.58. The van der Waals surface area contributed by atoms with Crippen molar-refractivity contribution in [1.29, 1.82) is 0 Å². The summed E-state index contributed by atoms with van der Waals surface area (Å²) in [7, 11) is 0. The zero-order valence-electron chi connectivity index (χ0n) is 33.2. The van der Waals surface area contributed by atoms with Crippen LogP contribution in [0.2, 0.25) is 0 Å². The van der Waals surface area contributed by atoms with Crippen LogP contribution < -0.4 is 4.90 Å². The van der Waals surface area contributed by atoms with E-state index in [2.05, 4.69) is 238 Å². The summed E-state index contributed by atoms with van der Waals surface area (Å²) >= 11 is 0. The minimum absolute atomic E-state index is 0.355. The first kappa shape index (κ1) is 35.5. The minimum atomic E-state index is -0.519. The molecule has 1 heteroatoms. The summed E-state index contributed by atoms with van der Waals surface area (Å²) in [5.41, 5.74) is 18.1. The summed E-state index contributed by atoms with van der Waals surface area (Å²) in [4.78, 5) is 2.50. The van der Waals surface area contributed by atoms with Gasteiger partial charge < -0.3 is 4.90 Å². The Morgan fingerprint density at radius 2 is 0.983 bits per heavy atom. The molecule has 0 aliphatic heterocycles. The summed E-state index contributed by atoms with van der Waals surface area (Å²) in [6, 6.07) is 78.6. The van der Waals surface area contributed by atoms with Gasteiger partial charge in [-0.3, -0.25) is 0 Å². The minimum Gasteiger partial charge on any atom is -0.310 e. The SMILES string of the molecule is Cc1cccc2c1-c1ccc(N(c3ccc(-c4ccccc4)cc3)c3cc4ccccc4cc3-c3ccccc3C(C)C)cc1C2(c1ccccc1)c1ccccc1. The zero-order chi connectivity index (χ0) is 39.2. The Morgan fingerprint density at radius 3 is 1.66 bits per heavy atom. The maximum absolute atomic E-state index is 2.50. The smallest absolute Gasteiger partial charge is 0.0714 e. The Labute approximate surface area is 342 Å². The number of anilines is 3. The molecule has 0 atom stereocenters. The maximum atomic E-state index is 2.50. The molecule has 1 aliphatic carbocycles. The second-order valence-electron chi connectivity index (χ2n) is 15.9. The lowest BCUT2D eigenvalue weighted by Crippen LogP contribution is -2.28. The average Bonchev–Trinajstić information content (AvgIpc) is 3.59. The molecule has 0 saturated carbocycles. The molecule has 0 aromatic heterocycles. The maximum Gasteiger partial charge on any atom is 0.0714 e. The molecule has 10 rings (SSSR count). The van der Waals surface area contributed by atoms with Crippen LogP contribution in [0.5, 0.6) is 0 Å². The van der Waals surface area contributed by atoms with E-state index >= 15 is 0 Å². The van der Waals surface area contributed by atoms with Crippen molar-refractivity contribution in [2.75, 3.05) is 4.90 Å². The van der Waals surface area contributed by atoms with Crippen molar-refractivity contribution in [3.8, 4) is 33.4 Å². The van der Waals surface area contributed by atoms with Gasteiger partial charge in [-0.15, -0.1) is 0 Å². The van der Waals surface area contributed by atoms with E-state index in [0.29, 0.717) is 5.92 Å². The van der Waals surface area contributed by atoms with Crippen LogP contribution in [0.15, 0.2) is 212 Å². The largest absolute Gasteiger partial charge is 0.310 e. The average molecular weight is 744 g/mol. The van der Waals surface area contributed by atoms with Crippen molar-refractivity contribution in [3.63, 3.8) is 0 Å². The van der Waals surface area contributed by atoms with Crippen LogP contribution in [0.3, 0.4) is 0 Å². The lowest BCUT2D eigenvalue weighted by molar-refractivity contribution is 0.768. The van der Waals surface area contributed by atoms with Crippen molar-refractivity contribution in [2.45, 2.75) is 32.1 Å². The van der Waals surface area contributed by atoms with Gasteiger partial charge in [0.05, 0.1) is 11.1 Å². The van der Waals surface area contributed by atoms with Gasteiger partial charge in [-0.2, -0.15) is 0 Å². The van der Waals surface area contributed by atoms with Gasteiger partial charge >= 0.3 is 0 Å². The molecule has 58 heavy (non-hydrogen) atoms. The van der Waals surface area contributed by atoms with Crippen molar-refractivity contribution < 1.29 is 0 Å². The van der Waals surface area contributed by atoms with Gasteiger partial charge in [-0.1, -0.05) is 190 Å². The predicted molar refractivity (Wildman–Crippen MR) is 246 cm³/mol. The third-order valence-corrected chi connectivity index (χ3v) is 12.2. The first-order valence-corrected chi connectivity index (χ1v) is 20.5. The zero-order valence-corrected chi connectivity index (χ0v) is 33.2. The topological polar surface area (TPSA) is 3.24 Å². The number of hydrogen-bond donors (Lipinski definition) is 0. The molecule has 9 aromatic rings. The first-order valence-electron chi connectivity index (χ1n) is 20.5. The fourth-order valence-electron chi connectivity index (χ4n) is 9.58. The highest BCUT2D eigenvalue weighted by Gasteiger charge is 2.47. The predicted octanol–water partition coefficient (Wildman–Crippen LogP) is 15.4. The Hall–Kier alpha value is -6.96. The van der Waals surface area contributed by atoms with E-state index in [1.54, 1.807) is 0 Å². The molecule has 1 aliphatic rings. The summed E-state index contributed by atoms with van der Waals surface area (Å²) in [5.74, 6) is 0.355. The lowest BCUT2D eigenvalue weighted by atomic mass is 9.67. The summed E-state index contributed by atoms with van der Waals surface area (Å²) in [6.07, 6.45) is 0. The Balaban J connectivity index is 1.29. The quantitative estimate of drug-likeness (QED) is 0.150. The summed E-state index contributed by atoms with van der Waals surface area (Å²) in [5, 5.41) is 2.44. The highest BCUT2D eigenvalue weighted by atomic mass is 15.1. The molecule has 278 valence electrons. The van der Waals surface area contributed by atoms with Gasteiger partial charge in [0, 0.05) is 16.9 Å². The fraction of sp³-hybridized carbons (Fsp3) is 0.0877. The van der Waals surface area contributed by atoms with Gasteiger partial charge in [0.15, 0.2) is 0 Å². The second kappa shape index (κ2) is 14.5. The summed E-state index contributed by atoms with van der Waals surface area (Å²) < 4.78 is 0. The number of fused-ring (bicyclic) bond motifs is 4. The molecule has 0 N–H and O–H groups in total. The van der Waals surface area contributed by atoms with Crippen LogP contribution in [-0.2, 0) is 5.41 Å². The molecule has 0 spiro atoms. The van der Waals surface area contributed by atoms with Crippen molar-refractivity contribution in [2.24, 2.45) is 0 Å². The number of aryl methyl sites for hydroxylation is 1. The molecule has 0 bridgehead atoms. The molecule has 0 fully saturated rings. The van der Waals surface area contributed by atoms with Crippen LogP contribution in [0.25, 0.3) is 44.2 Å². The third-order valence-electron chi connectivity index (χ3n) is 12.2. The van der Waals surface area contributed by atoms with Crippen LogP contribution in [0, 0.1) is 6.92 Å². The van der Waals surface area contributed by atoms with Gasteiger partial charge in [0.1, 0.15) is 0 Å². The van der Waals surface area contributed by atoms with E-state index in [0.717, 1.165) is 17.1 Å². The lowest BCUT2D eigenvalue weighted by Gasteiger charge is -2.35. The van der Waals surface area contributed by atoms with Crippen LogP contribution >= 0.6 is 0 Å². The standard InChI is InChI=1S/C57H45N/c1-39(2)49-27-15-16-28-50(49)52-36-43-21-13-14-22-44(43)37-55(52)58(47-32-30-42(31-33-47)41-19-7-4-8-20-41)48-34-35-51-54(38-48)57(45-23-9-5-10-24-45,46-25-11-6-12-26-46)53-29-17-18-40(3)56(51)53/h4-39H,1-3H3. The number of hydrogen-bond acceptors (Lipinski definition) is 1. The number of rotatable bonds is 8. The highest BCUT2D eigenvalue weighted by molar-refractivity contribution is 6.00. The van der Waals surface area contributed by atoms with Gasteiger partial charge in [0.25, 0.3) is 0 Å². The molecule has 1 nitrogen and oxygen atoms in total. The van der Waals surface area contributed by atoms with E-state index in [-0.39, 0.29) is 0 Å². The molecule has 9 aromatic carbocycles. The summed E-state index contributed by atoms with van der Waals surface area (Å²) in [6.45, 7) is 6.86. The van der Waals surface area contributed by atoms with E-state index in [1.165, 1.54) is 77.5 Å².